The summed E-state index contributed by atoms with van der Waals surface area (Å²) >= 11 is 0. The Morgan fingerprint density at radius 3 is 2.76 bits per heavy atom. The van der Waals surface area contributed by atoms with Gasteiger partial charge in [-0.25, -0.2) is 4.39 Å². The van der Waals surface area contributed by atoms with Crippen molar-refractivity contribution >= 4 is 17.5 Å². The highest BCUT2D eigenvalue weighted by molar-refractivity contribution is 5.97. The van der Waals surface area contributed by atoms with Crippen LogP contribution in [0.15, 0.2) is 48.5 Å². The number of carbonyl (C=O) groups is 2. The highest BCUT2D eigenvalue weighted by Crippen LogP contribution is 2.25. The van der Waals surface area contributed by atoms with E-state index in [1.807, 2.05) is 18.2 Å². The van der Waals surface area contributed by atoms with Crippen molar-refractivity contribution in [3.05, 3.63) is 59.9 Å². The van der Waals surface area contributed by atoms with Crippen LogP contribution in [-0.4, -0.2) is 31.5 Å². The molecular weight excluding hydrogens is 323 g/mol. The zero-order valence-corrected chi connectivity index (χ0v) is 13.9. The molecule has 3 rings (SSSR count). The molecule has 1 N–H and O–H groups in total. The van der Waals surface area contributed by atoms with E-state index in [1.54, 1.807) is 30.2 Å². The number of carbonyl (C=O) groups excluding carboxylic acids is 2. The fourth-order valence-corrected chi connectivity index (χ4v) is 2.90. The Labute approximate surface area is 145 Å². The van der Waals surface area contributed by atoms with Crippen LogP contribution in [0.4, 0.5) is 10.1 Å². The van der Waals surface area contributed by atoms with Crippen molar-refractivity contribution in [3.8, 4) is 5.75 Å². The molecule has 2 amide bonds. The third kappa shape index (κ3) is 4.15. The predicted octanol–water partition coefficient (Wildman–Crippen LogP) is 2.30. The molecule has 0 aliphatic carbocycles. The van der Waals surface area contributed by atoms with Gasteiger partial charge in [-0.15, -0.1) is 0 Å². The van der Waals surface area contributed by atoms with Crippen LogP contribution >= 0.6 is 0 Å². The maximum Gasteiger partial charge on any atom is 0.229 e. The van der Waals surface area contributed by atoms with Gasteiger partial charge in [0.05, 0.1) is 19.6 Å². The standard InChI is InChI=1S/C19H19FN2O3/c1-25-17-4-2-3-16(11-17)22-12-15(10-19(22)24)21-18(23)9-13-5-7-14(20)8-6-13/h2-8,11,15H,9-10,12H2,1H3,(H,21,23)/t15-/m1/s1. The molecule has 1 atom stereocenters. The molecule has 0 spiro atoms. The van der Waals surface area contributed by atoms with Crippen LogP contribution in [-0.2, 0) is 16.0 Å². The minimum Gasteiger partial charge on any atom is -0.497 e. The smallest absolute Gasteiger partial charge is 0.229 e. The van der Waals surface area contributed by atoms with E-state index in [-0.39, 0.29) is 36.5 Å². The van der Waals surface area contributed by atoms with E-state index >= 15 is 0 Å². The predicted molar refractivity (Wildman–Crippen MR) is 92.0 cm³/mol. The molecule has 1 aliphatic rings. The molecule has 5 nitrogen and oxygen atoms in total. The molecule has 25 heavy (non-hydrogen) atoms. The van der Waals surface area contributed by atoms with Gasteiger partial charge in [0.15, 0.2) is 0 Å². The number of rotatable bonds is 5. The summed E-state index contributed by atoms with van der Waals surface area (Å²) in [5, 5.41) is 2.87. The van der Waals surface area contributed by atoms with Crippen LogP contribution in [0.3, 0.4) is 0 Å². The van der Waals surface area contributed by atoms with Crippen molar-refractivity contribution in [2.24, 2.45) is 0 Å². The van der Waals surface area contributed by atoms with Gasteiger partial charge in [-0.1, -0.05) is 18.2 Å². The molecular formula is C19H19FN2O3. The second-order valence-corrected chi connectivity index (χ2v) is 5.98. The van der Waals surface area contributed by atoms with E-state index in [4.69, 9.17) is 4.74 Å². The largest absolute Gasteiger partial charge is 0.497 e. The molecule has 1 saturated heterocycles. The molecule has 0 radical (unpaired) electrons. The van der Waals surface area contributed by atoms with Gasteiger partial charge in [-0.05, 0) is 29.8 Å². The normalized spacial score (nSPS) is 16.8. The Hall–Kier alpha value is -2.89. The van der Waals surface area contributed by atoms with Gasteiger partial charge in [0.25, 0.3) is 0 Å². The average Bonchev–Trinajstić information content (AvgIpc) is 2.97. The lowest BCUT2D eigenvalue weighted by atomic mass is 10.1. The van der Waals surface area contributed by atoms with E-state index in [1.165, 1.54) is 12.1 Å². The summed E-state index contributed by atoms with van der Waals surface area (Å²) < 4.78 is 18.1. The van der Waals surface area contributed by atoms with Gasteiger partial charge in [0, 0.05) is 24.7 Å². The maximum absolute atomic E-state index is 12.9. The summed E-state index contributed by atoms with van der Waals surface area (Å²) in [5.41, 5.74) is 1.48. The highest BCUT2D eigenvalue weighted by Gasteiger charge is 2.31. The molecule has 0 aromatic heterocycles. The lowest BCUT2D eigenvalue weighted by molar-refractivity contribution is -0.121. The minimum atomic E-state index is -0.334. The second-order valence-electron chi connectivity index (χ2n) is 5.98. The number of amides is 2. The van der Waals surface area contributed by atoms with E-state index in [0.29, 0.717) is 12.3 Å². The monoisotopic (exact) mass is 342 g/mol. The second kappa shape index (κ2) is 7.34. The van der Waals surface area contributed by atoms with Crippen molar-refractivity contribution in [1.29, 1.82) is 0 Å². The van der Waals surface area contributed by atoms with Crippen LogP contribution < -0.4 is 15.0 Å². The Morgan fingerprint density at radius 2 is 2.04 bits per heavy atom. The molecule has 1 fully saturated rings. The van der Waals surface area contributed by atoms with E-state index in [0.717, 1.165) is 11.3 Å². The van der Waals surface area contributed by atoms with Crippen molar-refractivity contribution in [2.75, 3.05) is 18.6 Å². The molecule has 1 heterocycles. The number of halogens is 1. The van der Waals surface area contributed by atoms with Gasteiger partial charge in [0.2, 0.25) is 11.8 Å². The van der Waals surface area contributed by atoms with Crippen LogP contribution in [0.1, 0.15) is 12.0 Å². The maximum atomic E-state index is 12.9. The number of hydrogen-bond donors (Lipinski definition) is 1. The summed E-state index contributed by atoms with van der Waals surface area (Å²) in [6.07, 6.45) is 0.413. The number of nitrogens with zero attached hydrogens (tertiary/aromatic N) is 1. The van der Waals surface area contributed by atoms with Gasteiger partial charge >= 0.3 is 0 Å². The average molecular weight is 342 g/mol. The number of anilines is 1. The minimum absolute atomic E-state index is 0.0414. The van der Waals surface area contributed by atoms with Crippen molar-refractivity contribution in [2.45, 2.75) is 18.9 Å². The van der Waals surface area contributed by atoms with Gasteiger partial charge in [-0.3, -0.25) is 9.59 Å². The van der Waals surface area contributed by atoms with Crippen LogP contribution in [0, 0.1) is 5.82 Å². The number of ether oxygens (including phenoxy) is 1. The Balaban J connectivity index is 1.60. The quantitative estimate of drug-likeness (QED) is 0.907. The zero-order chi connectivity index (χ0) is 17.8. The summed E-state index contributed by atoms with van der Waals surface area (Å²) in [6.45, 7) is 0.418. The first-order chi connectivity index (χ1) is 12.0. The zero-order valence-electron chi connectivity index (χ0n) is 13.9. The summed E-state index contributed by atoms with van der Waals surface area (Å²) in [6, 6.07) is 12.8. The molecule has 1 aliphatic heterocycles. The molecule has 6 heteroatoms. The summed E-state index contributed by atoms with van der Waals surface area (Å²) in [5.74, 6) is 0.116. The third-order valence-corrected chi connectivity index (χ3v) is 4.13. The first-order valence-corrected chi connectivity index (χ1v) is 8.03. The fraction of sp³-hybridized carbons (Fsp3) is 0.263. The third-order valence-electron chi connectivity index (χ3n) is 4.13. The van der Waals surface area contributed by atoms with E-state index in [2.05, 4.69) is 5.32 Å². The molecule has 2 aromatic carbocycles. The number of hydrogen-bond acceptors (Lipinski definition) is 3. The first-order valence-electron chi connectivity index (χ1n) is 8.03. The molecule has 0 saturated carbocycles. The first kappa shape index (κ1) is 17.0. The molecule has 0 unspecified atom stereocenters. The van der Waals surface area contributed by atoms with Crippen LogP contribution in [0.25, 0.3) is 0 Å². The van der Waals surface area contributed by atoms with Gasteiger partial charge in [-0.2, -0.15) is 0 Å². The fourth-order valence-electron chi connectivity index (χ4n) is 2.90. The van der Waals surface area contributed by atoms with E-state index < -0.39 is 0 Å². The summed E-state index contributed by atoms with van der Waals surface area (Å²) in [7, 11) is 1.57. The van der Waals surface area contributed by atoms with Gasteiger partial charge < -0.3 is 15.0 Å². The van der Waals surface area contributed by atoms with Crippen molar-refractivity contribution < 1.29 is 18.7 Å². The van der Waals surface area contributed by atoms with Crippen LogP contribution in [0.5, 0.6) is 5.75 Å². The molecule has 0 bridgehead atoms. The lowest BCUT2D eigenvalue weighted by Gasteiger charge is -2.18. The topological polar surface area (TPSA) is 58.6 Å². The van der Waals surface area contributed by atoms with E-state index in [9.17, 15) is 14.0 Å². The summed E-state index contributed by atoms with van der Waals surface area (Å²) in [4.78, 5) is 26.0. The number of benzene rings is 2. The van der Waals surface area contributed by atoms with Crippen LogP contribution in [0.2, 0.25) is 0 Å². The molecule has 2 aromatic rings. The lowest BCUT2D eigenvalue weighted by Crippen LogP contribution is -2.38. The van der Waals surface area contributed by atoms with Crippen molar-refractivity contribution in [3.63, 3.8) is 0 Å². The van der Waals surface area contributed by atoms with Gasteiger partial charge in [0.1, 0.15) is 11.6 Å². The Kier molecular flexibility index (Phi) is 4.97. The molecule has 130 valence electrons. The Morgan fingerprint density at radius 1 is 1.28 bits per heavy atom. The number of methoxy groups -OCH3 is 1. The Bertz CT molecular complexity index is 776. The highest BCUT2D eigenvalue weighted by atomic mass is 19.1. The van der Waals surface area contributed by atoms with Crippen molar-refractivity contribution in [1.82, 2.24) is 5.32 Å². The number of nitrogens with one attached hydrogen (secondary N) is 1. The SMILES string of the molecule is COc1cccc(N2C[C@H](NC(=O)Cc3ccc(F)cc3)CC2=O)c1.